The summed E-state index contributed by atoms with van der Waals surface area (Å²) in [7, 11) is 0. The van der Waals surface area contributed by atoms with Crippen molar-refractivity contribution in [1.82, 2.24) is 0 Å². The van der Waals surface area contributed by atoms with Gasteiger partial charge in [0.2, 0.25) is 0 Å². The number of benzene rings is 3. The number of rotatable bonds is 3. The van der Waals surface area contributed by atoms with Crippen LogP contribution < -0.4 is 0 Å². The van der Waals surface area contributed by atoms with Crippen molar-refractivity contribution in [1.29, 1.82) is 0 Å². The normalized spacial score (nSPS) is 11.5. The van der Waals surface area contributed by atoms with Gasteiger partial charge < -0.3 is 4.74 Å². The van der Waals surface area contributed by atoms with Crippen molar-refractivity contribution >= 4 is 16.7 Å². The van der Waals surface area contributed by atoms with Crippen LogP contribution in [-0.2, 0) is 10.2 Å². The zero-order chi connectivity index (χ0) is 18.0. The summed E-state index contributed by atoms with van der Waals surface area (Å²) >= 11 is 0. The van der Waals surface area contributed by atoms with Crippen molar-refractivity contribution in [3.63, 3.8) is 0 Å². The van der Waals surface area contributed by atoms with E-state index in [-0.39, 0.29) is 11.4 Å². The standard InChI is InChI=1S/C23H24O2/c1-5-25-22(24)21-15-18-9-7-6-8-17(18)14-20(21)16-10-12-19(13-11-16)23(2,3)4/h6-15H,5H2,1-4H3. The van der Waals surface area contributed by atoms with Gasteiger partial charge in [-0.1, -0.05) is 69.3 Å². The Morgan fingerprint density at radius 2 is 1.52 bits per heavy atom. The van der Waals surface area contributed by atoms with Gasteiger partial charge in [0, 0.05) is 0 Å². The largest absolute Gasteiger partial charge is 0.462 e. The first-order valence-corrected chi connectivity index (χ1v) is 8.71. The Bertz CT molecular complexity index is 900. The number of carbonyl (C=O) groups is 1. The fourth-order valence-electron chi connectivity index (χ4n) is 3.01. The quantitative estimate of drug-likeness (QED) is 0.551. The summed E-state index contributed by atoms with van der Waals surface area (Å²) in [5, 5.41) is 2.16. The highest BCUT2D eigenvalue weighted by molar-refractivity contribution is 6.03. The molecule has 0 radical (unpaired) electrons. The molecular formula is C23H24O2. The molecule has 0 heterocycles. The molecule has 0 spiro atoms. The van der Waals surface area contributed by atoms with Gasteiger partial charge in [-0.2, -0.15) is 0 Å². The highest BCUT2D eigenvalue weighted by atomic mass is 16.5. The molecule has 2 heteroatoms. The summed E-state index contributed by atoms with van der Waals surface area (Å²) in [5.41, 5.74) is 3.93. The molecule has 0 aliphatic rings. The first kappa shape index (κ1) is 17.2. The number of fused-ring (bicyclic) bond motifs is 1. The molecule has 128 valence electrons. The lowest BCUT2D eigenvalue weighted by molar-refractivity contribution is 0.0527. The molecule has 25 heavy (non-hydrogen) atoms. The second-order valence-electron chi connectivity index (χ2n) is 7.29. The lowest BCUT2D eigenvalue weighted by atomic mass is 9.85. The number of ether oxygens (including phenoxy) is 1. The van der Waals surface area contributed by atoms with Gasteiger partial charge >= 0.3 is 5.97 Å². The molecule has 0 atom stereocenters. The molecule has 0 saturated carbocycles. The van der Waals surface area contributed by atoms with Crippen molar-refractivity contribution in [2.45, 2.75) is 33.1 Å². The summed E-state index contributed by atoms with van der Waals surface area (Å²) < 4.78 is 5.28. The van der Waals surface area contributed by atoms with Crippen molar-refractivity contribution < 1.29 is 9.53 Å². The highest BCUT2D eigenvalue weighted by Crippen LogP contribution is 2.31. The molecule has 3 aromatic carbocycles. The summed E-state index contributed by atoms with van der Waals surface area (Å²) in [6, 6.07) is 20.5. The maximum absolute atomic E-state index is 12.5. The Balaban J connectivity index is 2.16. The second kappa shape index (κ2) is 6.72. The van der Waals surface area contributed by atoms with Gasteiger partial charge in [-0.25, -0.2) is 4.79 Å². The van der Waals surface area contributed by atoms with E-state index in [9.17, 15) is 4.79 Å². The Kier molecular flexibility index (Phi) is 4.63. The average molecular weight is 332 g/mol. The van der Waals surface area contributed by atoms with E-state index in [1.54, 1.807) is 0 Å². The van der Waals surface area contributed by atoms with Crippen LogP contribution in [0, 0.1) is 0 Å². The molecule has 0 aliphatic heterocycles. The maximum atomic E-state index is 12.5. The van der Waals surface area contributed by atoms with Gasteiger partial charge in [0.25, 0.3) is 0 Å². The van der Waals surface area contributed by atoms with Crippen LogP contribution in [0.2, 0.25) is 0 Å². The summed E-state index contributed by atoms with van der Waals surface area (Å²) in [5.74, 6) is -0.275. The van der Waals surface area contributed by atoms with Crippen LogP contribution in [-0.4, -0.2) is 12.6 Å². The maximum Gasteiger partial charge on any atom is 0.338 e. The van der Waals surface area contributed by atoms with Crippen LogP contribution >= 0.6 is 0 Å². The lowest BCUT2D eigenvalue weighted by Crippen LogP contribution is -2.10. The average Bonchev–Trinajstić information content (AvgIpc) is 2.60. The molecule has 3 rings (SSSR count). The molecule has 0 saturated heterocycles. The predicted octanol–water partition coefficient (Wildman–Crippen LogP) is 5.98. The monoisotopic (exact) mass is 332 g/mol. The Hall–Kier alpha value is -2.61. The van der Waals surface area contributed by atoms with Crippen LogP contribution in [0.25, 0.3) is 21.9 Å². The molecule has 0 N–H and O–H groups in total. The molecule has 0 unspecified atom stereocenters. The number of esters is 1. The van der Waals surface area contributed by atoms with E-state index in [0.29, 0.717) is 12.2 Å². The Labute approximate surface area is 149 Å². The fourth-order valence-corrected chi connectivity index (χ4v) is 3.01. The molecule has 0 amide bonds. The van der Waals surface area contributed by atoms with Crippen molar-refractivity contribution in [2.75, 3.05) is 6.61 Å². The van der Waals surface area contributed by atoms with Crippen LogP contribution in [0.15, 0.2) is 60.7 Å². The zero-order valence-corrected chi connectivity index (χ0v) is 15.3. The molecule has 0 fully saturated rings. The van der Waals surface area contributed by atoms with Crippen molar-refractivity contribution in [2.24, 2.45) is 0 Å². The van der Waals surface area contributed by atoms with E-state index >= 15 is 0 Å². The first-order valence-electron chi connectivity index (χ1n) is 8.71. The minimum Gasteiger partial charge on any atom is -0.462 e. The molecule has 0 aliphatic carbocycles. The third-order valence-corrected chi connectivity index (χ3v) is 4.44. The zero-order valence-electron chi connectivity index (χ0n) is 15.3. The van der Waals surface area contributed by atoms with E-state index in [1.807, 2.05) is 31.2 Å². The van der Waals surface area contributed by atoms with Gasteiger partial charge in [-0.05, 0) is 51.9 Å². The predicted molar refractivity (Wildman–Crippen MR) is 104 cm³/mol. The van der Waals surface area contributed by atoms with Gasteiger partial charge in [0.15, 0.2) is 0 Å². The third-order valence-electron chi connectivity index (χ3n) is 4.44. The molecular weight excluding hydrogens is 308 g/mol. The Morgan fingerprint density at radius 1 is 0.920 bits per heavy atom. The SMILES string of the molecule is CCOC(=O)c1cc2ccccc2cc1-c1ccc(C(C)(C)C)cc1. The van der Waals surface area contributed by atoms with Crippen LogP contribution in [0.5, 0.6) is 0 Å². The minimum absolute atomic E-state index is 0.103. The van der Waals surface area contributed by atoms with E-state index in [1.165, 1.54) is 5.56 Å². The van der Waals surface area contributed by atoms with Crippen LogP contribution in [0.3, 0.4) is 0 Å². The highest BCUT2D eigenvalue weighted by Gasteiger charge is 2.17. The first-order chi connectivity index (χ1) is 11.9. The minimum atomic E-state index is -0.275. The fraction of sp³-hybridized carbons (Fsp3) is 0.261. The van der Waals surface area contributed by atoms with Crippen molar-refractivity contribution in [3.05, 3.63) is 71.8 Å². The summed E-state index contributed by atoms with van der Waals surface area (Å²) in [6.45, 7) is 8.79. The van der Waals surface area contributed by atoms with E-state index < -0.39 is 0 Å². The summed E-state index contributed by atoms with van der Waals surface area (Å²) in [4.78, 5) is 12.5. The van der Waals surface area contributed by atoms with Gasteiger partial charge in [0.05, 0.1) is 12.2 Å². The van der Waals surface area contributed by atoms with E-state index in [0.717, 1.165) is 21.9 Å². The molecule has 3 aromatic rings. The van der Waals surface area contributed by atoms with E-state index in [2.05, 4.69) is 57.2 Å². The third kappa shape index (κ3) is 3.58. The number of carbonyl (C=O) groups excluding carboxylic acids is 1. The van der Waals surface area contributed by atoms with Crippen LogP contribution in [0.4, 0.5) is 0 Å². The van der Waals surface area contributed by atoms with Gasteiger partial charge in [-0.3, -0.25) is 0 Å². The number of hydrogen-bond donors (Lipinski definition) is 0. The molecule has 0 bridgehead atoms. The van der Waals surface area contributed by atoms with Crippen molar-refractivity contribution in [3.8, 4) is 11.1 Å². The summed E-state index contributed by atoms with van der Waals surface area (Å²) in [6.07, 6.45) is 0. The number of hydrogen-bond acceptors (Lipinski definition) is 2. The second-order valence-corrected chi connectivity index (χ2v) is 7.29. The Morgan fingerprint density at radius 3 is 2.08 bits per heavy atom. The molecule has 0 aromatic heterocycles. The molecule has 2 nitrogen and oxygen atoms in total. The lowest BCUT2D eigenvalue weighted by Gasteiger charge is -2.19. The topological polar surface area (TPSA) is 26.3 Å². The van der Waals surface area contributed by atoms with E-state index in [4.69, 9.17) is 4.74 Å². The smallest absolute Gasteiger partial charge is 0.338 e. The van der Waals surface area contributed by atoms with Crippen LogP contribution in [0.1, 0.15) is 43.6 Å². The van der Waals surface area contributed by atoms with Gasteiger partial charge in [0.1, 0.15) is 0 Å². The van der Waals surface area contributed by atoms with Gasteiger partial charge in [-0.15, -0.1) is 0 Å².